The average Bonchev–Trinajstić information content (AvgIpc) is 2.67. The molecule has 2 aromatic rings. The minimum Gasteiger partial charge on any atom is -0.496 e. The van der Waals surface area contributed by atoms with Gasteiger partial charge in [0.05, 0.1) is 25.8 Å². The molecule has 0 N–H and O–H groups in total. The van der Waals surface area contributed by atoms with Gasteiger partial charge in [-0.2, -0.15) is 0 Å². The van der Waals surface area contributed by atoms with Gasteiger partial charge in [0.25, 0.3) is 5.91 Å². The second kappa shape index (κ2) is 7.57. The Morgan fingerprint density at radius 2 is 1.60 bits per heavy atom. The van der Waals surface area contributed by atoms with E-state index in [1.807, 2.05) is 47.4 Å². The maximum atomic E-state index is 13.0. The fourth-order valence-corrected chi connectivity index (χ4v) is 3.33. The molecular formula is C20H24N2O3. The lowest BCUT2D eigenvalue weighted by Gasteiger charge is -2.40. The lowest BCUT2D eigenvalue weighted by atomic mass is 10.0. The molecule has 0 aliphatic carbocycles. The van der Waals surface area contributed by atoms with E-state index in [9.17, 15) is 4.79 Å². The molecule has 0 saturated carbocycles. The zero-order valence-electron chi connectivity index (χ0n) is 14.9. The fraction of sp³-hybridized carbons (Fsp3) is 0.350. The quantitative estimate of drug-likeness (QED) is 0.858. The summed E-state index contributed by atoms with van der Waals surface area (Å²) in [6.45, 7) is 2.12. The number of carbonyl (C=O) groups excluding carboxylic acids is 1. The van der Waals surface area contributed by atoms with Gasteiger partial charge in [-0.25, -0.2) is 0 Å². The molecule has 25 heavy (non-hydrogen) atoms. The smallest absolute Gasteiger partial charge is 0.257 e. The zero-order chi connectivity index (χ0) is 17.8. The summed E-state index contributed by atoms with van der Waals surface area (Å²) in [5, 5.41) is 0. The highest BCUT2D eigenvalue weighted by Gasteiger charge is 2.31. The summed E-state index contributed by atoms with van der Waals surface area (Å²) >= 11 is 0. The van der Waals surface area contributed by atoms with E-state index in [2.05, 4.69) is 18.0 Å². The van der Waals surface area contributed by atoms with Crippen molar-refractivity contribution in [1.82, 2.24) is 9.80 Å². The van der Waals surface area contributed by atoms with Gasteiger partial charge in [-0.05, 0) is 25.2 Å². The molecule has 5 nitrogen and oxygen atoms in total. The summed E-state index contributed by atoms with van der Waals surface area (Å²) in [4.78, 5) is 17.2. The molecule has 3 rings (SSSR count). The molecule has 1 saturated heterocycles. The van der Waals surface area contributed by atoms with Crippen molar-refractivity contribution in [2.75, 3.05) is 40.9 Å². The van der Waals surface area contributed by atoms with E-state index in [1.165, 1.54) is 0 Å². The van der Waals surface area contributed by atoms with Crippen LogP contribution in [0, 0.1) is 0 Å². The van der Waals surface area contributed by atoms with Gasteiger partial charge < -0.3 is 14.4 Å². The Kier molecular flexibility index (Phi) is 5.24. The highest BCUT2D eigenvalue weighted by atomic mass is 16.5. The number of methoxy groups -OCH3 is 2. The number of ether oxygens (including phenoxy) is 2. The predicted octanol–water partition coefficient (Wildman–Crippen LogP) is 2.83. The standard InChI is InChI=1S/C20H24N2O3/c1-21-12-13-22(20(23)16-9-5-7-11-19(16)25-3)14-17(21)15-8-4-6-10-18(15)24-2/h4-11,17H,12-14H2,1-3H3. The number of rotatable bonds is 4. The van der Waals surface area contributed by atoms with Gasteiger partial charge in [-0.1, -0.05) is 30.3 Å². The molecule has 1 aliphatic rings. The summed E-state index contributed by atoms with van der Waals surface area (Å²) in [6.07, 6.45) is 0. The maximum absolute atomic E-state index is 13.0. The molecule has 0 spiro atoms. The van der Waals surface area contributed by atoms with Gasteiger partial charge in [0.2, 0.25) is 0 Å². The van der Waals surface area contributed by atoms with Crippen LogP contribution in [-0.4, -0.2) is 56.6 Å². The SMILES string of the molecule is COc1ccccc1C(=O)N1CCN(C)C(c2ccccc2OC)C1. The summed E-state index contributed by atoms with van der Waals surface area (Å²) < 4.78 is 10.9. The summed E-state index contributed by atoms with van der Waals surface area (Å²) in [6, 6.07) is 15.5. The first-order chi connectivity index (χ1) is 12.2. The Morgan fingerprint density at radius 3 is 2.32 bits per heavy atom. The molecule has 1 heterocycles. The van der Waals surface area contributed by atoms with Gasteiger partial charge in [-0.15, -0.1) is 0 Å². The van der Waals surface area contributed by atoms with Gasteiger partial charge in [-0.3, -0.25) is 9.69 Å². The first-order valence-electron chi connectivity index (χ1n) is 8.41. The average molecular weight is 340 g/mol. The van der Waals surface area contributed by atoms with Crippen LogP contribution in [0.3, 0.4) is 0 Å². The third kappa shape index (κ3) is 3.46. The van der Waals surface area contributed by atoms with Crippen LogP contribution in [0.1, 0.15) is 22.0 Å². The molecule has 0 bridgehead atoms. The van der Waals surface area contributed by atoms with Crippen molar-refractivity contribution in [3.05, 3.63) is 59.7 Å². The van der Waals surface area contributed by atoms with Crippen LogP contribution in [0.2, 0.25) is 0 Å². The van der Waals surface area contributed by atoms with Crippen LogP contribution in [-0.2, 0) is 0 Å². The highest BCUT2D eigenvalue weighted by Crippen LogP contribution is 2.32. The van der Waals surface area contributed by atoms with Crippen molar-refractivity contribution in [2.24, 2.45) is 0 Å². The zero-order valence-corrected chi connectivity index (χ0v) is 14.9. The number of hydrogen-bond acceptors (Lipinski definition) is 4. The molecule has 1 amide bonds. The third-order valence-electron chi connectivity index (χ3n) is 4.77. The number of likely N-dealkylation sites (N-methyl/N-ethyl adjacent to an activating group) is 1. The maximum Gasteiger partial charge on any atom is 0.257 e. The Morgan fingerprint density at radius 1 is 0.960 bits per heavy atom. The molecule has 1 fully saturated rings. The fourth-order valence-electron chi connectivity index (χ4n) is 3.33. The van der Waals surface area contributed by atoms with Crippen molar-refractivity contribution in [2.45, 2.75) is 6.04 Å². The van der Waals surface area contributed by atoms with Crippen molar-refractivity contribution < 1.29 is 14.3 Å². The molecule has 1 atom stereocenters. The first kappa shape index (κ1) is 17.3. The topological polar surface area (TPSA) is 42.0 Å². The van der Waals surface area contributed by atoms with E-state index in [0.29, 0.717) is 24.4 Å². The van der Waals surface area contributed by atoms with Crippen molar-refractivity contribution in [1.29, 1.82) is 0 Å². The second-order valence-electron chi connectivity index (χ2n) is 6.19. The van der Waals surface area contributed by atoms with Crippen LogP contribution in [0.5, 0.6) is 11.5 Å². The monoisotopic (exact) mass is 340 g/mol. The summed E-state index contributed by atoms with van der Waals surface area (Å²) in [5.41, 5.74) is 1.71. The minimum absolute atomic E-state index is 0.00504. The first-order valence-corrected chi connectivity index (χ1v) is 8.41. The highest BCUT2D eigenvalue weighted by molar-refractivity contribution is 5.97. The van der Waals surface area contributed by atoms with Crippen LogP contribution in [0.25, 0.3) is 0 Å². The van der Waals surface area contributed by atoms with Crippen molar-refractivity contribution in [3.63, 3.8) is 0 Å². The van der Waals surface area contributed by atoms with E-state index in [1.54, 1.807) is 14.2 Å². The number of benzene rings is 2. The van der Waals surface area contributed by atoms with E-state index >= 15 is 0 Å². The molecule has 0 aromatic heterocycles. The van der Waals surface area contributed by atoms with Crippen LogP contribution in [0.4, 0.5) is 0 Å². The van der Waals surface area contributed by atoms with Crippen molar-refractivity contribution >= 4 is 5.91 Å². The van der Waals surface area contributed by atoms with Gasteiger partial charge in [0.1, 0.15) is 11.5 Å². The van der Waals surface area contributed by atoms with E-state index in [4.69, 9.17) is 9.47 Å². The Balaban J connectivity index is 1.86. The van der Waals surface area contributed by atoms with Gasteiger partial charge in [0, 0.05) is 25.2 Å². The van der Waals surface area contributed by atoms with Crippen molar-refractivity contribution in [3.8, 4) is 11.5 Å². The van der Waals surface area contributed by atoms with Crippen LogP contribution < -0.4 is 9.47 Å². The second-order valence-corrected chi connectivity index (χ2v) is 6.19. The lowest BCUT2D eigenvalue weighted by Crippen LogP contribution is -2.49. The molecule has 1 unspecified atom stereocenters. The van der Waals surface area contributed by atoms with Gasteiger partial charge in [0.15, 0.2) is 0 Å². The molecule has 2 aromatic carbocycles. The normalized spacial score (nSPS) is 18.0. The number of carbonyl (C=O) groups is 1. The Labute approximate surface area is 148 Å². The van der Waals surface area contributed by atoms with E-state index in [0.717, 1.165) is 17.9 Å². The minimum atomic E-state index is 0.00504. The van der Waals surface area contributed by atoms with E-state index in [-0.39, 0.29) is 11.9 Å². The van der Waals surface area contributed by atoms with Crippen LogP contribution >= 0.6 is 0 Å². The lowest BCUT2D eigenvalue weighted by molar-refractivity contribution is 0.0539. The van der Waals surface area contributed by atoms with Crippen LogP contribution in [0.15, 0.2) is 48.5 Å². The number of nitrogens with zero attached hydrogens (tertiary/aromatic N) is 2. The van der Waals surface area contributed by atoms with Gasteiger partial charge >= 0.3 is 0 Å². The number of para-hydroxylation sites is 2. The number of amides is 1. The molecule has 1 aliphatic heterocycles. The molecule has 5 heteroatoms. The van der Waals surface area contributed by atoms with E-state index < -0.39 is 0 Å². The molecule has 132 valence electrons. The molecule has 0 radical (unpaired) electrons. The Bertz CT molecular complexity index is 747. The predicted molar refractivity (Wildman–Crippen MR) is 97.3 cm³/mol. The third-order valence-corrected chi connectivity index (χ3v) is 4.77. The number of hydrogen-bond donors (Lipinski definition) is 0. The summed E-state index contributed by atoms with van der Waals surface area (Å²) in [7, 11) is 5.36. The summed E-state index contributed by atoms with van der Waals surface area (Å²) in [5.74, 6) is 1.47. The number of piperazine rings is 1. The molecular weight excluding hydrogens is 316 g/mol. The largest absolute Gasteiger partial charge is 0.496 e. The Hall–Kier alpha value is -2.53.